The molecule has 2 aromatic carbocycles. The average Bonchev–Trinajstić information content (AvgIpc) is 2.75. The molecule has 0 radical (unpaired) electrons. The molecule has 4 nitrogen and oxygen atoms in total. The van der Waals surface area contributed by atoms with Crippen LogP contribution in [0.1, 0.15) is 11.6 Å². The SMILES string of the molecule is O=C1NC(c2ccccc2Br)C(=O)N1c1ccccc1. The number of hydrogen-bond acceptors (Lipinski definition) is 2. The largest absolute Gasteiger partial charge is 0.329 e. The number of amides is 3. The van der Waals surface area contributed by atoms with Crippen molar-refractivity contribution >= 4 is 33.6 Å². The smallest absolute Gasteiger partial charge is 0.321 e. The van der Waals surface area contributed by atoms with Crippen LogP contribution in [0.2, 0.25) is 0 Å². The van der Waals surface area contributed by atoms with Crippen LogP contribution in [-0.2, 0) is 4.79 Å². The first-order valence-electron chi connectivity index (χ1n) is 6.12. The monoisotopic (exact) mass is 330 g/mol. The number of urea groups is 1. The van der Waals surface area contributed by atoms with Gasteiger partial charge in [-0.25, -0.2) is 9.69 Å². The van der Waals surface area contributed by atoms with Gasteiger partial charge in [-0.15, -0.1) is 0 Å². The van der Waals surface area contributed by atoms with Gasteiger partial charge in [-0.05, 0) is 23.8 Å². The molecule has 0 spiro atoms. The van der Waals surface area contributed by atoms with Crippen molar-refractivity contribution in [3.05, 3.63) is 64.6 Å². The minimum Gasteiger partial charge on any atom is -0.321 e. The first-order chi connectivity index (χ1) is 9.68. The van der Waals surface area contributed by atoms with E-state index in [-0.39, 0.29) is 5.91 Å². The van der Waals surface area contributed by atoms with Crippen molar-refractivity contribution in [2.75, 3.05) is 4.90 Å². The number of nitrogens with zero attached hydrogens (tertiary/aromatic N) is 1. The third kappa shape index (κ3) is 2.10. The standard InChI is InChI=1S/C15H11BrN2O2/c16-12-9-5-4-8-11(12)13-14(19)18(15(20)17-13)10-6-2-1-3-7-10/h1-9,13H,(H,17,20). The highest BCUT2D eigenvalue weighted by molar-refractivity contribution is 9.10. The van der Waals surface area contributed by atoms with Crippen LogP contribution in [0, 0.1) is 0 Å². The first-order valence-corrected chi connectivity index (χ1v) is 6.92. The molecular formula is C15H11BrN2O2. The third-order valence-corrected chi connectivity index (χ3v) is 3.89. The van der Waals surface area contributed by atoms with Gasteiger partial charge in [0.05, 0.1) is 5.69 Å². The summed E-state index contributed by atoms with van der Waals surface area (Å²) >= 11 is 3.41. The Bertz CT molecular complexity index is 673. The molecule has 1 atom stereocenters. The van der Waals surface area contributed by atoms with E-state index in [0.717, 1.165) is 10.0 Å². The molecule has 3 rings (SSSR count). The summed E-state index contributed by atoms with van der Waals surface area (Å²) in [5.41, 5.74) is 1.33. The lowest BCUT2D eigenvalue weighted by molar-refractivity contribution is -0.118. The molecule has 100 valence electrons. The lowest BCUT2D eigenvalue weighted by Gasteiger charge is -2.13. The van der Waals surface area contributed by atoms with Crippen molar-refractivity contribution in [2.24, 2.45) is 0 Å². The molecule has 1 aliphatic heterocycles. The maximum Gasteiger partial charge on any atom is 0.329 e. The van der Waals surface area contributed by atoms with Gasteiger partial charge in [0.15, 0.2) is 0 Å². The molecule has 0 bridgehead atoms. The fourth-order valence-corrected chi connectivity index (χ4v) is 2.73. The van der Waals surface area contributed by atoms with E-state index in [1.807, 2.05) is 30.3 Å². The fraction of sp³-hybridized carbons (Fsp3) is 0.0667. The summed E-state index contributed by atoms with van der Waals surface area (Å²) in [5.74, 6) is -0.270. The lowest BCUT2D eigenvalue weighted by atomic mass is 10.1. The zero-order valence-corrected chi connectivity index (χ0v) is 12.0. The van der Waals surface area contributed by atoms with E-state index in [9.17, 15) is 9.59 Å². The molecule has 2 aromatic rings. The number of anilines is 1. The summed E-state index contributed by atoms with van der Waals surface area (Å²) in [6.07, 6.45) is 0. The Labute approximate surface area is 124 Å². The van der Waals surface area contributed by atoms with E-state index in [2.05, 4.69) is 21.2 Å². The number of hydrogen-bond donors (Lipinski definition) is 1. The quantitative estimate of drug-likeness (QED) is 0.859. The molecule has 1 heterocycles. The number of nitrogens with one attached hydrogen (secondary N) is 1. The van der Waals surface area contributed by atoms with Crippen molar-refractivity contribution < 1.29 is 9.59 Å². The zero-order chi connectivity index (χ0) is 14.1. The molecule has 1 fully saturated rings. The Balaban J connectivity index is 1.98. The lowest BCUT2D eigenvalue weighted by Crippen LogP contribution is -2.30. The molecule has 0 aliphatic carbocycles. The normalized spacial score (nSPS) is 18.2. The van der Waals surface area contributed by atoms with Gasteiger partial charge in [-0.3, -0.25) is 4.79 Å². The van der Waals surface area contributed by atoms with Crippen LogP contribution in [0.5, 0.6) is 0 Å². The van der Waals surface area contributed by atoms with Crippen molar-refractivity contribution in [3.8, 4) is 0 Å². The Kier molecular flexibility index (Phi) is 3.28. The van der Waals surface area contributed by atoms with Gasteiger partial charge in [-0.1, -0.05) is 52.3 Å². The predicted octanol–water partition coefficient (Wildman–Crippen LogP) is 3.25. The second-order valence-electron chi connectivity index (χ2n) is 4.41. The second-order valence-corrected chi connectivity index (χ2v) is 5.27. The van der Waals surface area contributed by atoms with Gasteiger partial charge in [0.25, 0.3) is 5.91 Å². The Morgan fingerprint density at radius 1 is 0.950 bits per heavy atom. The highest BCUT2D eigenvalue weighted by atomic mass is 79.9. The van der Waals surface area contributed by atoms with E-state index in [1.54, 1.807) is 24.3 Å². The molecule has 1 N–H and O–H groups in total. The number of para-hydroxylation sites is 1. The van der Waals surface area contributed by atoms with Crippen LogP contribution >= 0.6 is 15.9 Å². The predicted molar refractivity (Wildman–Crippen MR) is 79.3 cm³/mol. The van der Waals surface area contributed by atoms with Crippen LogP contribution < -0.4 is 10.2 Å². The Morgan fingerprint density at radius 2 is 1.60 bits per heavy atom. The van der Waals surface area contributed by atoms with Crippen LogP contribution in [0.3, 0.4) is 0 Å². The van der Waals surface area contributed by atoms with Crippen molar-refractivity contribution in [2.45, 2.75) is 6.04 Å². The summed E-state index contributed by atoms with van der Waals surface area (Å²) in [7, 11) is 0. The summed E-state index contributed by atoms with van der Waals surface area (Å²) < 4.78 is 0.800. The van der Waals surface area contributed by atoms with Gasteiger partial charge in [-0.2, -0.15) is 0 Å². The van der Waals surface area contributed by atoms with E-state index in [0.29, 0.717) is 5.69 Å². The summed E-state index contributed by atoms with van der Waals surface area (Å²) in [6.45, 7) is 0. The number of carbonyl (C=O) groups is 2. The molecule has 3 amide bonds. The maximum atomic E-state index is 12.5. The van der Waals surface area contributed by atoms with Crippen LogP contribution in [-0.4, -0.2) is 11.9 Å². The third-order valence-electron chi connectivity index (χ3n) is 3.17. The highest BCUT2D eigenvalue weighted by Gasteiger charge is 2.40. The molecule has 0 saturated carbocycles. The highest BCUT2D eigenvalue weighted by Crippen LogP contribution is 2.30. The molecular weight excluding hydrogens is 320 g/mol. The summed E-state index contributed by atoms with van der Waals surface area (Å²) in [4.78, 5) is 25.7. The van der Waals surface area contributed by atoms with E-state index in [4.69, 9.17) is 0 Å². The minimum absolute atomic E-state index is 0.270. The van der Waals surface area contributed by atoms with Crippen LogP contribution in [0.15, 0.2) is 59.1 Å². The van der Waals surface area contributed by atoms with Crippen molar-refractivity contribution in [1.82, 2.24) is 5.32 Å². The number of imide groups is 1. The maximum absolute atomic E-state index is 12.5. The topological polar surface area (TPSA) is 49.4 Å². The van der Waals surface area contributed by atoms with Crippen molar-refractivity contribution in [3.63, 3.8) is 0 Å². The summed E-state index contributed by atoms with van der Waals surface area (Å²) in [5, 5.41) is 2.72. The number of halogens is 1. The van der Waals surface area contributed by atoms with E-state index in [1.165, 1.54) is 4.90 Å². The Hall–Kier alpha value is -2.14. The van der Waals surface area contributed by atoms with Gasteiger partial charge in [0.2, 0.25) is 0 Å². The van der Waals surface area contributed by atoms with Gasteiger partial charge >= 0.3 is 6.03 Å². The molecule has 1 unspecified atom stereocenters. The fourth-order valence-electron chi connectivity index (χ4n) is 2.22. The number of rotatable bonds is 2. The van der Waals surface area contributed by atoms with Gasteiger partial charge in [0.1, 0.15) is 6.04 Å². The molecule has 5 heteroatoms. The average molecular weight is 331 g/mol. The van der Waals surface area contributed by atoms with Crippen LogP contribution in [0.25, 0.3) is 0 Å². The van der Waals surface area contributed by atoms with Crippen LogP contribution in [0.4, 0.5) is 10.5 Å². The first kappa shape index (κ1) is 12.9. The molecule has 0 aromatic heterocycles. The number of benzene rings is 2. The van der Waals surface area contributed by atoms with Crippen molar-refractivity contribution in [1.29, 1.82) is 0 Å². The van der Waals surface area contributed by atoms with E-state index < -0.39 is 12.1 Å². The van der Waals surface area contributed by atoms with Gasteiger partial charge in [0, 0.05) is 4.47 Å². The minimum atomic E-state index is -0.654. The Morgan fingerprint density at radius 3 is 2.30 bits per heavy atom. The van der Waals surface area contributed by atoms with E-state index >= 15 is 0 Å². The molecule has 20 heavy (non-hydrogen) atoms. The van der Waals surface area contributed by atoms with Gasteiger partial charge < -0.3 is 5.32 Å². The molecule has 1 saturated heterocycles. The number of carbonyl (C=O) groups excluding carboxylic acids is 2. The molecule has 1 aliphatic rings. The summed E-state index contributed by atoms with van der Waals surface area (Å²) in [6, 6.07) is 15.2. The zero-order valence-electron chi connectivity index (χ0n) is 10.4. The second kappa shape index (κ2) is 5.09.